The normalized spacial score (nSPS) is 16.3. The van der Waals surface area contributed by atoms with Crippen molar-refractivity contribution in [3.63, 3.8) is 0 Å². The number of para-hydroxylation sites is 1. The summed E-state index contributed by atoms with van der Waals surface area (Å²) in [7, 11) is 0. The summed E-state index contributed by atoms with van der Waals surface area (Å²) in [5.74, 6) is -4.92. The number of aromatic amines is 1. The largest absolute Gasteiger partial charge is 0.462 e. The number of alkyl halides is 2. The maximum atomic E-state index is 14.2. The molecular formula is C27H30F2N4O4. The number of anilines is 1. The number of hydrogen-bond acceptors (Lipinski definition) is 6. The van der Waals surface area contributed by atoms with Crippen molar-refractivity contribution in [2.45, 2.75) is 51.9 Å². The number of aryl methyl sites for hydroxylation is 1. The first-order valence-electron chi connectivity index (χ1n) is 12.3. The highest BCUT2D eigenvalue weighted by molar-refractivity contribution is 6.00. The van der Waals surface area contributed by atoms with Gasteiger partial charge in [0.05, 0.1) is 23.7 Å². The number of carbonyl (C=O) groups is 2. The minimum absolute atomic E-state index is 0.0241. The highest BCUT2D eigenvalue weighted by atomic mass is 19.3. The Kier molecular flexibility index (Phi) is 7.29. The van der Waals surface area contributed by atoms with Gasteiger partial charge in [-0.15, -0.1) is 0 Å². The molecule has 2 aromatic heterocycles. The maximum absolute atomic E-state index is 14.2. The third-order valence-electron chi connectivity index (χ3n) is 6.77. The number of nitrogens with zero attached hydrogens (tertiary/aromatic N) is 2. The Hall–Kier alpha value is -3.82. The average molecular weight is 513 g/mol. The van der Waals surface area contributed by atoms with E-state index >= 15 is 0 Å². The van der Waals surface area contributed by atoms with Crippen molar-refractivity contribution in [1.29, 1.82) is 0 Å². The molecule has 0 saturated carbocycles. The smallest absolute Gasteiger partial charge is 0.344 e. The number of fused-ring (bicyclic) bond motifs is 1. The number of primary amides is 1. The Balaban J connectivity index is 2.02. The Morgan fingerprint density at radius 1 is 1.24 bits per heavy atom. The Morgan fingerprint density at radius 3 is 2.68 bits per heavy atom. The van der Waals surface area contributed by atoms with Crippen molar-refractivity contribution >= 4 is 28.6 Å². The zero-order chi connectivity index (χ0) is 26.9. The minimum atomic E-state index is -2.78. The molecule has 0 radical (unpaired) electrons. The lowest BCUT2D eigenvalue weighted by Crippen LogP contribution is -2.31. The molecule has 196 valence electrons. The first kappa shape index (κ1) is 26.2. The van der Waals surface area contributed by atoms with E-state index in [0.717, 1.165) is 5.39 Å². The van der Waals surface area contributed by atoms with Crippen molar-refractivity contribution < 1.29 is 23.1 Å². The fourth-order valence-electron chi connectivity index (χ4n) is 4.81. The van der Waals surface area contributed by atoms with Crippen LogP contribution in [0.4, 0.5) is 14.6 Å². The Labute approximate surface area is 212 Å². The molecule has 1 aromatic carbocycles. The number of nitrogens with two attached hydrogens (primary N) is 1. The summed E-state index contributed by atoms with van der Waals surface area (Å²) in [5.41, 5.74) is 6.17. The summed E-state index contributed by atoms with van der Waals surface area (Å²) >= 11 is 0. The molecule has 4 rings (SSSR count). The highest BCUT2D eigenvalue weighted by Gasteiger charge is 2.34. The van der Waals surface area contributed by atoms with Gasteiger partial charge < -0.3 is 20.4 Å². The molecule has 3 N–H and O–H groups in total. The number of benzene rings is 1. The number of aromatic nitrogens is 2. The lowest BCUT2D eigenvalue weighted by Gasteiger charge is -2.26. The molecule has 1 aliphatic rings. The van der Waals surface area contributed by atoms with Crippen molar-refractivity contribution in [3.8, 4) is 11.3 Å². The lowest BCUT2D eigenvalue weighted by molar-refractivity contribution is -0.119. The number of H-pyrrole nitrogens is 1. The van der Waals surface area contributed by atoms with E-state index in [-0.39, 0.29) is 49.2 Å². The molecule has 37 heavy (non-hydrogen) atoms. The van der Waals surface area contributed by atoms with Gasteiger partial charge in [-0.3, -0.25) is 9.59 Å². The van der Waals surface area contributed by atoms with Gasteiger partial charge in [0.2, 0.25) is 17.3 Å². The zero-order valence-electron chi connectivity index (χ0n) is 21.1. The molecule has 1 fully saturated rings. The monoisotopic (exact) mass is 512 g/mol. The second kappa shape index (κ2) is 10.3. The van der Waals surface area contributed by atoms with Crippen molar-refractivity contribution in [2.75, 3.05) is 24.6 Å². The van der Waals surface area contributed by atoms with Crippen LogP contribution < -0.4 is 16.1 Å². The van der Waals surface area contributed by atoms with Gasteiger partial charge in [0.15, 0.2) is 0 Å². The van der Waals surface area contributed by atoms with Crippen LogP contribution in [-0.2, 0) is 9.53 Å². The quantitative estimate of drug-likeness (QED) is 0.476. The van der Waals surface area contributed by atoms with E-state index < -0.39 is 29.1 Å². The summed E-state index contributed by atoms with van der Waals surface area (Å²) < 4.78 is 33.6. The summed E-state index contributed by atoms with van der Waals surface area (Å²) in [5, 5.41) is 0.740. The lowest BCUT2D eigenvalue weighted by atomic mass is 9.93. The van der Waals surface area contributed by atoms with Gasteiger partial charge in [-0.25, -0.2) is 18.6 Å². The van der Waals surface area contributed by atoms with Gasteiger partial charge in [-0.05, 0) is 39.3 Å². The van der Waals surface area contributed by atoms with Crippen molar-refractivity contribution in [2.24, 2.45) is 5.73 Å². The summed E-state index contributed by atoms with van der Waals surface area (Å²) in [6.45, 7) is 5.15. The van der Waals surface area contributed by atoms with Gasteiger partial charge in [0, 0.05) is 48.1 Å². The zero-order valence-corrected chi connectivity index (χ0v) is 21.1. The van der Waals surface area contributed by atoms with E-state index in [1.54, 1.807) is 24.8 Å². The molecular weight excluding hydrogens is 482 g/mol. The molecule has 1 amide bonds. The van der Waals surface area contributed by atoms with Crippen LogP contribution in [0.2, 0.25) is 0 Å². The topological polar surface area (TPSA) is 118 Å². The third-order valence-corrected chi connectivity index (χ3v) is 6.77. The summed E-state index contributed by atoms with van der Waals surface area (Å²) in [6, 6.07) is 9.09. The van der Waals surface area contributed by atoms with Crippen LogP contribution in [0.25, 0.3) is 22.2 Å². The fraction of sp³-hybridized carbons (Fsp3) is 0.407. The van der Waals surface area contributed by atoms with Crippen LogP contribution in [0.3, 0.4) is 0 Å². The molecule has 0 unspecified atom stereocenters. The molecule has 8 nitrogen and oxygen atoms in total. The van der Waals surface area contributed by atoms with E-state index in [2.05, 4.69) is 4.98 Å². The predicted molar refractivity (Wildman–Crippen MR) is 137 cm³/mol. The Bertz CT molecular complexity index is 1420. The molecule has 1 aliphatic heterocycles. The van der Waals surface area contributed by atoms with E-state index in [1.807, 2.05) is 24.3 Å². The number of halogens is 2. The number of rotatable bonds is 6. The van der Waals surface area contributed by atoms with Crippen molar-refractivity contribution in [3.05, 3.63) is 57.4 Å². The fourth-order valence-corrected chi connectivity index (χ4v) is 4.81. The second-order valence-corrected chi connectivity index (χ2v) is 9.34. The maximum Gasteiger partial charge on any atom is 0.344 e. The van der Waals surface area contributed by atoms with Crippen LogP contribution >= 0.6 is 0 Å². The number of hydrogen-bond donors (Lipinski definition) is 2. The number of amides is 1. The van der Waals surface area contributed by atoms with E-state index in [9.17, 15) is 23.2 Å². The molecule has 0 aliphatic carbocycles. The number of nitrogens with one attached hydrogen (secondary N) is 1. The standard InChI is InChI=1S/C27H30F2N4O4/c1-4-37-26(36)21-22(31-16(3)20(23(21)34)15(2)24(30)35)18-14-17-8-5-6-9-19(17)32-25(18)33-12-7-10-27(28,29)11-13-33/h5-6,8-9,14-15H,4,7,10-13H2,1-3H3,(H2,30,35)(H,31,34)/t15-/m1/s1. The average Bonchev–Trinajstić information content (AvgIpc) is 3.03. The van der Waals surface area contributed by atoms with Gasteiger partial charge >= 0.3 is 5.97 Å². The van der Waals surface area contributed by atoms with Gasteiger partial charge in [-0.2, -0.15) is 0 Å². The highest BCUT2D eigenvalue weighted by Crippen LogP contribution is 2.37. The third kappa shape index (κ3) is 5.19. The van der Waals surface area contributed by atoms with Gasteiger partial charge in [0.25, 0.3) is 0 Å². The number of pyridine rings is 2. The minimum Gasteiger partial charge on any atom is -0.462 e. The molecule has 10 heteroatoms. The van der Waals surface area contributed by atoms with E-state index in [1.165, 1.54) is 6.92 Å². The Morgan fingerprint density at radius 2 is 1.97 bits per heavy atom. The SMILES string of the molecule is CCOC(=O)c1c(-c2cc3ccccc3nc2N2CCCC(F)(F)CC2)[nH]c(C)c([C@@H](C)C(N)=O)c1=O. The predicted octanol–water partition coefficient (Wildman–Crippen LogP) is 4.29. The van der Waals surface area contributed by atoms with Crippen LogP contribution in [0.15, 0.2) is 35.1 Å². The number of ether oxygens (including phenoxy) is 1. The molecule has 3 heterocycles. The molecule has 0 spiro atoms. The number of esters is 1. The molecule has 0 bridgehead atoms. The first-order chi connectivity index (χ1) is 17.5. The molecule has 3 aromatic rings. The van der Waals surface area contributed by atoms with Crippen molar-refractivity contribution in [1.82, 2.24) is 9.97 Å². The van der Waals surface area contributed by atoms with E-state index in [0.29, 0.717) is 29.1 Å². The second-order valence-electron chi connectivity index (χ2n) is 9.34. The molecule has 1 atom stereocenters. The number of carbonyl (C=O) groups excluding carboxylic acids is 2. The van der Waals surface area contributed by atoms with Crippen LogP contribution in [0.1, 0.15) is 60.6 Å². The summed E-state index contributed by atoms with van der Waals surface area (Å²) in [6.07, 6.45) is -0.303. The first-order valence-corrected chi connectivity index (χ1v) is 12.3. The molecule has 1 saturated heterocycles. The van der Waals surface area contributed by atoms with Crippen LogP contribution in [-0.4, -0.2) is 47.5 Å². The van der Waals surface area contributed by atoms with Gasteiger partial charge in [-0.1, -0.05) is 18.2 Å². The van der Waals surface area contributed by atoms with E-state index in [4.69, 9.17) is 15.5 Å². The summed E-state index contributed by atoms with van der Waals surface area (Å²) in [4.78, 5) is 48.4. The van der Waals surface area contributed by atoms with Gasteiger partial charge in [0.1, 0.15) is 11.4 Å². The van der Waals surface area contributed by atoms with Crippen LogP contribution in [0.5, 0.6) is 0 Å². The van der Waals surface area contributed by atoms with Crippen LogP contribution in [0, 0.1) is 6.92 Å².